The van der Waals surface area contributed by atoms with Gasteiger partial charge in [-0.05, 0) is 112 Å². The van der Waals surface area contributed by atoms with E-state index in [0.29, 0.717) is 44.5 Å². The average molecular weight is 862 g/mol. The molecular weight excluding hydrogens is 817 g/mol. The van der Waals surface area contributed by atoms with Crippen molar-refractivity contribution < 1.29 is 37.7 Å². The Labute approximate surface area is 357 Å². The molecule has 0 aliphatic carbocycles. The van der Waals surface area contributed by atoms with Crippen molar-refractivity contribution >= 4 is 46.4 Å². The van der Waals surface area contributed by atoms with Crippen molar-refractivity contribution in [2.75, 3.05) is 13.2 Å². The molecule has 5 aromatic rings. The third-order valence-corrected chi connectivity index (χ3v) is 10.6. The van der Waals surface area contributed by atoms with E-state index in [1.807, 2.05) is 13.0 Å². The molecule has 60 heavy (non-hydrogen) atoms. The van der Waals surface area contributed by atoms with Crippen molar-refractivity contribution in [3.05, 3.63) is 151 Å². The second kappa shape index (κ2) is 22.6. The van der Waals surface area contributed by atoms with E-state index in [4.69, 9.17) is 45.5 Å². The van der Waals surface area contributed by atoms with Gasteiger partial charge in [0.25, 0.3) is 5.91 Å². The summed E-state index contributed by atoms with van der Waals surface area (Å²) >= 11 is 12.4. The number of nitrogens with one attached hydrogen (secondary N) is 2. The summed E-state index contributed by atoms with van der Waals surface area (Å²) in [4.78, 5) is 31.2. The second-order valence-electron chi connectivity index (χ2n) is 13.9. The maximum Gasteiger partial charge on any atom is 0.269 e. The van der Waals surface area contributed by atoms with Crippen LogP contribution in [0.5, 0.6) is 0 Å². The fourth-order valence-corrected chi connectivity index (χ4v) is 6.46. The second-order valence-corrected chi connectivity index (χ2v) is 14.7. The zero-order chi connectivity index (χ0) is 43.9. The zero-order valence-corrected chi connectivity index (χ0v) is 34.8. The lowest BCUT2D eigenvalue weighted by Crippen LogP contribution is -2.47. The van der Waals surface area contributed by atoms with Gasteiger partial charge in [-0.3, -0.25) is 20.4 Å². The first-order valence-electron chi connectivity index (χ1n) is 18.8. The maximum atomic E-state index is 13.4. The largest absolute Gasteiger partial charge is 0.420 e. The van der Waals surface area contributed by atoms with Crippen LogP contribution in [0.3, 0.4) is 0 Å². The lowest BCUT2D eigenvalue weighted by molar-refractivity contribution is -0.128. The SMILES string of the molecule is C1CCOC1.[C-]#[N+]c1ccc(C[C@@H](C(=O)NNC(=O)c2cccc(F)c2)[C@H](C)O)c(C)c1Cl.[C-]#[N+]c1ccc(C[C@@H](c2nnc(-c3cccc(F)c3)o2)[C@H](C)O)c(C)c1Cl. The minimum Gasteiger partial charge on any atom is -0.420 e. The van der Waals surface area contributed by atoms with Crippen molar-refractivity contribution in [2.45, 2.75) is 71.5 Å². The van der Waals surface area contributed by atoms with Crippen molar-refractivity contribution in [1.82, 2.24) is 21.0 Å². The first-order valence-corrected chi connectivity index (χ1v) is 19.6. The van der Waals surface area contributed by atoms with Gasteiger partial charge in [-0.2, -0.15) is 0 Å². The number of aliphatic hydroxyl groups is 2. The van der Waals surface area contributed by atoms with E-state index in [-0.39, 0.29) is 23.8 Å². The molecule has 0 radical (unpaired) electrons. The Hall–Kier alpha value is -5.74. The minimum atomic E-state index is -1.01. The highest BCUT2D eigenvalue weighted by atomic mass is 35.5. The van der Waals surface area contributed by atoms with Gasteiger partial charge < -0.3 is 19.4 Å². The molecule has 12 nitrogen and oxygen atoms in total. The molecule has 1 aliphatic rings. The Kier molecular flexibility index (Phi) is 17.7. The lowest BCUT2D eigenvalue weighted by Gasteiger charge is -2.21. The molecule has 6 rings (SSSR count). The number of halogens is 4. The summed E-state index contributed by atoms with van der Waals surface area (Å²) in [6.45, 7) is 22.9. The summed E-state index contributed by atoms with van der Waals surface area (Å²) < 4.78 is 37.3. The van der Waals surface area contributed by atoms with Crippen molar-refractivity contribution in [1.29, 1.82) is 0 Å². The summed E-state index contributed by atoms with van der Waals surface area (Å²) in [5, 5.41) is 29.0. The zero-order valence-electron chi connectivity index (χ0n) is 33.3. The molecule has 1 aromatic heterocycles. The topological polar surface area (TPSA) is 156 Å². The summed E-state index contributed by atoms with van der Waals surface area (Å²) in [6.07, 6.45) is 1.35. The predicted octanol–water partition coefficient (Wildman–Crippen LogP) is 9.23. The van der Waals surface area contributed by atoms with E-state index in [9.17, 15) is 28.6 Å². The molecule has 1 fully saturated rings. The van der Waals surface area contributed by atoms with Gasteiger partial charge in [0.2, 0.25) is 29.1 Å². The Bertz CT molecular complexity index is 2350. The molecule has 0 spiro atoms. The van der Waals surface area contributed by atoms with Crippen LogP contribution in [0, 0.1) is 44.5 Å². The number of benzene rings is 4. The molecule has 16 heteroatoms. The Balaban J connectivity index is 0.000000236. The normalized spacial score (nSPS) is 13.8. The standard InChI is InChI=1S/C20H19ClFN3O3.C20H17ClFN3O2.C4H8O/c1-11-13(7-8-17(23-3)18(11)21)10-16(12(2)26)20(28)25-24-19(27)14-5-4-6-15(22)9-14;1-11-13(7-8-17(23-3)18(11)21)10-16(12(2)26)20-25-24-19(27-20)14-5-4-6-15(22)9-14;1-2-4-5-3-1/h4-9,12,16,26H,10H2,1-2H3,(H,24,27)(H,25,28);4-9,12,16,26H,10H2,1-2H3;1-4H2/t2*12-,16+;/m00./s1. The predicted molar refractivity (Wildman–Crippen MR) is 224 cm³/mol. The first-order chi connectivity index (χ1) is 28.6. The number of hydrazine groups is 1. The number of aromatic nitrogens is 2. The van der Waals surface area contributed by atoms with Gasteiger partial charge in [0.15, 0.2) is 0 Å². The molecular formula is C44H44Cl2F2N6O6. The summed E-state index contributed by atoms with van der Waals surface area (Å²) in [5.74, 6) is -3.15. The van der Waals surface area contributed by atoms with E-state index in [2.05, 4.69) is 30.7 Å². The highest BCUT2D eigenvalue weighted by molar-refractivity contribution is 6.34. The van der Waals surface area contributed by atoms with Crippen LogP contribution in [-0.2, 0) is 22.4 Å². The van der Waals surface area contributed by atoms with Crippen molar-refractivity contribution in [3.8, 4) is 11.5 Å². The molecule has 4 atom stereocenters. The summed E-state index contributed by atoms with van der Waals surface area (Å²) in [5.41, 5.74) is 8.69. The van der Waals surface area contributed by atoms with E-state index in [1.165, 1.54) is 50.1 Å². The van der Waals surface area contributed by atoms with Crippen molar-refractivity contribution in [2.24, 2.45) is 5.92 Å². The number of hydrogen-bond acceptors (Lipinski definition) is 8. The number of rotatable bonds is 10. The molecule has 0 unspecified atom stereocenters. The van der Waals surface area contributed by atoms with Crippen molar-refractivity contribution in [3.63, 3.8) is 0 Å². The summed E-state index contributed by atoms with van der Waals surface area (Å²) in [6, 6.07) is 17.6. The van der Waals surface area contributed by atoms with E-state index < -0.39 is 47.5 Å². The van der Waals surface area contributed by atoms with Gasteiger partial charge in [0, 0.05) is 24.3 Å². The number of hydrogen-bond donors (Lipinski definition) is 4. The van der Waals surface area contributed by atoms with Crippen LogP contribution in [0.4, 0.5) is 20.2 Å². The molecule has 0 saturated carbocycles. The number of amides is 2. The minimum absolute atomic E-state index is 0.0475. The van der Waals surface area contributed by atoms with Crippen LogP contribution in [0.15, 0.2) is 77.2 Å². The molecule has 1 saturated heterocycles. The number of carbonyl (C=O) groups excluding carboxylic acids is 2. The maximum absolute atomic E-state index is 13.4. The van der Waals surface area contributed by atoms with Crippen LogP contribution >= 0.6 is 23.2 Å². The molecule has 1 aliphatic heterocycles. The lowest BCUT2D eigenvalue weighted by atomic mass is 9.91. The fourth-order valence-electron chi connectivity index (χ4n) is 6.00. The van der Waals surface area contributed by atoms with Gasteiger partial charge in [0.05, 0.1) is 47.2 Å². The van der Waals surface area contributed by atoms with Crippen LogP contribution < -0.4 is 10.9 Å². The third kappa shape index (κ3) is 12.9. The first kappa shape index (κ1) is 46.9. The molecule has 2 heterocycles. The van der Waals surface area contributed by atoms with Gasteiger partial charge in [-0.1, -0.05) is 59.6 Å². The molecule has 4 N–H and O–H groups in total. The van der Waals surface area contributed by atoms with Crippen LogP contribution in [0.25, 0.3) is 21.1 Å². The van der Waals surface area contributed by atoms with Crippen LogP contribution in [0.2, 0.25) is 10.0 Å². The van der Waals surface area contributed by atoms with Gasteiger partial charge in [0.1, 0.15) is 11.6 Å². The number of aliphatic hydroxyl groups excluding tert-OH is 2. The Morgan fingerprint density at radius 2 is 1.37 bits per heavy atom. The van der Waals surface area contributed by atoms with Crippen LogP contribution in [0.1, 0.15) is 71.1 Å². The van der Waals surface area contributed by atoms with Gasteiger partial charge >= 0.3 is 0 Å². The third-order valence-electron chi connectivity index (χ3n) is 9.62. The monoisotopic (exact) mass is 860 g/mol. The van der Waals surface area contributed by atoms with Gasteiger partial charge in [-0.25, -0.2) is 18.5 Å². The average Bonchev–Trinajstić information content (AvgIpc) is 3.98. The number of carbonyl (C=O) groups is 2. The number of ether oxygens (including phenoxy) is 1. The molecule has 0 bridgehead atoms. The van der Waals surface area contributed by atoms with E-state index in [0.717, 1.165) is 30.4 Å². The number of nitrogens with zero attached hydrogens (tertiary/aromatic N) is 4. The highest BCUT2D eigenvalue weighted by Crippen LogP contribution is 2.35. The smallest absolute Gasteiger partial charge is 0.269 e. The van der Waals surface area contributed by atoms with E-state index >= 15 is 0 Å². The fraction of sp³-hybridized carbons (Fsp3) is 0.318. The van der Waals surface area contributed by atoms with E-state index in [1.54, 1.807) is 44.2 Å². The Morgan fingerprint density at radius 3 is 1.87 bits per heavy atom. The van der Waals surface area contributed by atoms with Crippen LogP contribution in [-0.4, -0.2) is 57.6 Å². The highest BCUT2D eigenvalue weighted by Gasteiger charge is 2.27. The molecule has 4 aromatic carbocycles. The molecule has 314 valence electrons. The molecule has 2 amide bonds. The van der Waals surface area contributed by atoms with Gasteiger partial charge in [-0.15, -0.1) is 10.2 Å². The quantitative estimate of drug-likeness (QED) is 0.0801. The summed E-state index contributed by atoms with van der Waals surface area (Å²) in [7, 11) is 0. The Morgan fingerprint density at radius 1 is 0.800 bits per heavy atom.